The number of halogens is 1. The van der Waals surface area contributed by atoms with Gasteiger partial charge in [0.25, 0.3) is 0 Å². The average Bonchev–Trinajstić information content (AvgIpc) is 2.34. The molecule has 0 amide bonds. The smallest absolute Gasteiger partial charge is 0.127 e. The van der Waals surface area contributed by atoms with Crippen molar-refractivity contribution in [1.29, 1.82) is 0 Å². The zero-order valence-corrected chi connectivity index (χ0v) is 11.0. The molecule has 0 heterocycles. The number of nitrogens with two attached hydrogens (primary N) is 1. The summed E-state index contributed by atoms with van der Waals surface area (Å²) in [5.41, 5.74) is 6.92. The van der Waals surface area contributed by atoms with Crippen LogP contribution in [0.2, 0.25) is 0 Å². The van der Waals surface area contributed by atoms with Crippen molar-refractivity contribution in [3.8, 4) is 11.5 Å². The van der Waals surface area contributed by atoms with Gasteiger partial charge >= 0.3 is 0 Å². The lowest BCUT2D eigenvalue weighted by Crippen LogP contribution is -2.13. The molecule has 0 fully saturated rings. The van der Waals surface area contributed by atoms with Crippen LogP contribution in [0.3, 0.4) is 0 Å². The number of rotatable bonds is 6. The maximum Gasteiger partial charge on any atom is 0.127 e. The van der Waals surface area contributed by atoms with Crippen molar-refractivity contribution in [2.45, 2.75) is 18.9 Å². The topological polar surface area (TPSA) is 64.7 Å². The average molecular weight is 262 g/mol. The first-order valence-corrected chi connectivity index (χ1v) is 5.32. The van der Waals surface area contributed by atoms with Gasteiger partial charge in [0.15, 0.2) is 0 Å². The molecular formula is C12H20ClNO3. The van der Waals surface area contributed by atoms with Crippen molar-refractivity contribution < 1.29 is 14.6 Å². The lowest BCUT2D eigenvalue weighted by Gasteiger charge is -2.18. The van der Waals surface area contributed by atoms with Crippen LogP contribution in [-0.4, -0.2) is 25.9 Å². The van der Waals surface area contributed by atoms with E-state index in [1.165, 1.54) is 0 Å². The summed E-state index contributed by atoms with van der Waals surface area (Å²) in [6.07, 6.45) is 1.37. The minimum Gasteiger partial charge on any atom is -0.496 e. The summed E-state index contributed by atoms with van der Waals surface area (Å²) >= 11 is 0. The molecule has 0 saturated carbocycles. The molecule has 1 atom stereocenters. The highest BCUT2D eigenvalue weighted by Gasteiger charge is 2.16. The number of methoxy groups -OCH3 is 2. The Kier molecular flexibility index (Phi) is 7.70. The minimum atomic E-state index is -0.182. The van der Waals surface area contributed by atoms with E-state index in [4.69, 9.17) is 20.3 Å². The zero-order valence-electron chi connectivity index (χ0n) is 10.2. The van der Waals surface area contributed by atoms with Crippen LogP contribution in [0.4, 0.5) is 0 Å². The monoisotopic (exact) mass is 261 g/mol. The van der Waals surface area contributed by atoms with Crippen LogP contribution in [-0.2, 0) is 0 Å². The maximum atomic E-state index is 8.80. The van der Waals surface area contributed by atoms with E-state index < -0.39 is 0 Å². The van der Waals surface area contributed by atoms with Gasteiger partial charge in [0.05, 0.1) is 19.8 Å². The van der Waals surface area contributed by atoms with E-state index in [2.05, 4.69) is 0 Å². The van der Waals surface area contributed by atoms with Gasteiger partial charge in [0, 0.05) is 12.6 Å². The van der Waals surface area contributed by atoms with E-state index in [9.17, 15) is 0 Å². The SMILES string of the molecule is COc1cccc(OC)c1[C@H](N)CCCO.Cl. The Hall–Kier alpha value is -0.970. The quantitative estimate of drug-likeness (QED) is 0.821. The molecule has 0 saturated heterocycles. The van der Waals surface area contributed by atoms with E-state index in [-0.39, 0.29) is 25.1 Å². The van der Waals surface area contributed by atoms with Crippen LogP contribution in [0, 0.1) is 0 Å². The van der Waals surface area contributed by atoms with Crippen LogP contribution in [0.1, 0.15) is 24.4 Å². The highest BCUT2D eigenvalue weighted by Crippen LogP contribution is 2.34. The number of hydrogen-bond acceptors (Lipinski definition) is 4. The zero-order chi connectivity index (χ0) is 12.0. The number of aliphatic hydroxyl groups excluding tert-OH is 1. The summed E-state index contributed by atoms with van der Waals surface area (Å²) in [6, 6.07) is 5.39. The van der Waals surface area contributed by atoms with Gasteiger partial charge in [-0.1, -0.05) is 6.07 Å². The summed E-state index contributed by atoms with van der Waals surface area (Å²) in [4.78, 5) is 0. The molecule has 98 valence electrons. The Morgan fingerprint density at radius 2 is 1.76 bits per heavy atom. The van der Waals surface area contributed by atoms with Crippen LogP contribution >= 0.6 is 12.4 Å². The van der Waals surface area contributed by atoms with Gasteiger partial charge in [-0.25, -0.2) is 0 Å². The Bertz CT molecular complexity index is 311. The van der Waals surface area contributed by atoms with E-state index >= 15 is 0 Å². The molecule has 0 unspecified atom stereocenters. The van der Waals surface area contributed by atoms with Crippen molar-refractivity contribution in [2.24, 2.45) is 5.73 Å². The highest BCUT2D eigenvalue weighted by atomic mass is 35.5. The molecule has 1 rings (SSSR count). The molecule has 0 spiro atoms. The van der Waals surface area contributed by atoms with Gasteiger partial charge in [0.1, 0.15) is 11.5 Å². The summed E-state index contributed by atoms with van der Waals surface area (Å²) in [5, 5.41) is 8.80. The number of hydrogen-bond donors (Lipinski definition) is 2. The molecule has 5 heteroatoms. The molecule has 3 N–H and O–H groups in total. The molecule has 0 bridgehead atoms. The van der Waals surface area contributed by atoms with E-state index in [1.54, 1.807) is 14.2 Å². The third-order valence-electron chi connectivity index (χ3n) is 2.51. The fourth-order valence-electron chi connectivity index (χ4n) is 1.70. The van der Waals surface area contributed by atoms with Gasteiger partial charge in [0.2, 0.25) is 0 Å². The van der Waals surface area contributed by atoms with E-state index in [0.29, 0.717) is 12.8 Å². The first-order valence-electron chi connectivity index (χ1n) is 5.32. The molecule has 17 heavy (non-hydrogen) atoms. The third kappa shape index (κ3) is 4.07. The van der Waals surface area contributed by atoms with E-state index in [1.807, 2.05) is 18.2 Å². The van der Waals surface area contributed by atoms with Crippen molar-refractivity contribution in [2.75, 3.05) is 20.8 Å². The second-order valence-electron chi connectivity index (χ2n) is 3.55. The number of ether oxygens (including phenoxy) is 2. The van der Waals surface area contributed by atoms with Crippen molar-refractivity contribution >= 4 is 12.4 Å². The number of benzene rings is 1. The van der Waals surface area contributed by atoms with E-state index in [0.717, 1.165) is 17.1 Å². The Balaban J connectivity index is 0.00000256. The molecule has 0 aliphatic rings. The maximum absolute atomic E-state index is 8.80. The molecule has 0 aliphatic carbocycles. The van der Waals surface area contributed by atoms with Crippen LogP contribution in [0.5, 0.6) is 11.5 Å². The van der Waals surface area contributed by atoms with Crippen molar-refractivity contribution in [1.82, 2.24) is 0 Å². The van der Waals surface area contributed by atoms with Crippen molar-refractivity contribution in [3.63, 3.8) is 0 Å². The van der Waals surface area contributed by atoms with Crippen LogP contribution in [0.15, 0.2) is 18.2 Å². The fraction of sp³-hybridized carbons (Fsp3) is 0.500. The largest absolute Gasteiger partial charge is 0.496 e. The highest BCUT2D eigenvalue weighted by molar-refractivity contribution is 5.85. The molecule has 0 radical (unpaired) electrons. The molecule has 0 aliphatic heterocycles. The third-order valence-corrected chi connectivity index (χ3v) is 2.51. The second kappa shape index (κ2) is 8.17. The summed E-state index contributed by atoms with van der Waals surface area (Å²) in [6.45, 7) is 0.144. The lowest BCUT2D eigenvalue weighted by molar-refractivity contribution is 0.278. The Labute approximate surface area is 108 Å². The van der Waals surface area contributed by atoms with Gasteiger partial charge in [-0.3, -0.25) is 0 Å². The Morgan fingerprint density at radius 3 is 2.18 bits per heavy atom. The molecule has 1 aromatic carbocycles. The molecule has 0 aromatic heterocycles. The number of aliphatic hydroxyl groups is 1. The summed E-state index contributed by atoms with van der Waals surface area (Å²) in [5.74, 6) is 1.45. The molecule has 4 nitrogen and oxygen atoms in total. The first-order chi connectivity index (χ1) is 7.74. The summed E-state index contributed by atoms with van der Waals surface area (Å²) < 4.78 is 10.5. The Morgan fingerprint density at radius 1 is 1.24 bits per heavy atom. The van der Waals surface area contributed by atoms with Crippen LogP contribution < -0.4 is 15.2 Å². The first kappa shape index (κ1) is 16.0. The predicted octanol–water partition coefficient (Wildman–Crippen LogP) is 1.90. The summed E-state index contributed by atoms with van der Waals surface area (Å²) in [7, 11) is 3.22. The lowest BCUT2D eigenvalue weighted by atomic mass is 10.0. The van der Waals surface area contributed by atoms with Gasteiger partial charge in [-0.15, -0.1) is 12.4 Å². The fourth-order valence-corrected chi connectivity index (χ4v) is 1.70. The second-order valence-corrected chi connectivity index (χ2v) is 3.55. The van der Waals surface area contributed by atoms with Gasteiger partial charge in [-0.2, -0.15) is 0 Å². The normalized spacial score (nSPS) is 11.5. The van der Waals surface area contributed by atoms with Crippen molar-refractivity contribution in [3.05, 3.63) is 23.8 Å². The standard InChI is InChI=1S/C12H19NO3.ClH/c1-15-10-6-3-7-11(16-2)12(10)9(13)5-4-8-14;/h3,6-7,9,14H,4-5,8,13H2,1-2H3;1H/t9-;/m1./s1. The van der Waals surface area contributed by atoms with Gasteiger partial charge < -0.3 is 20.3 Å². The predicted molar refractivity (Wildman–Crippen MR) is 70.0 cm³/mol. The van der Waals surface area contributed by atoms with Gasteiger partial charge in [-0.05, 0) is 25.0 Å². The molecule has 1 aromatic rings. The molecular weight excluding hydrogens is 242 g/mol. The van der Waals surface area contributed by atoms with Crippen LogP contribution in [0.25, 0.3) is 0 Å². The minimum absolute atomic E-state index is 0.